The molecule has 26 heavy (non-hydrogen) atoms. The molecule has 0 aromatic carbocycles. The zero-order valence-corrected chi connectivity index (χ0v) is 16.7. The number of carboxylic acid groups (broad SMARTS) is 1. The van der Waals surface area contributed by atoms with Gasteiger partial charge < -0.3 is 15.3 Å². The number of unbranched alkanes of at least 4 members (excludes halogenated alkanes) is 9. The fourth-order valence-electron chi connectivity index (χ4n) is 3.08. The van der Waals surface area contributed by atoms with Gasteiger partial charge in [0.2, 0.25) is 0 Å². The number of aliphatic hydroxyl groups is 2. The van der Waals surface area contributed by atoms with Gasteiger partial charge in [-0.2, -0.15) is 8.42 Å². The molecule has 7 nitrogen and oxygen atoms in total. The van der Waals surface area contributed by atoms with Gasteiger partial charge in [-0.15, -0.1) is 0 Å². The van der Waals surface area contributed by atoms with Gasteiger partial charge in [-0.1, -0.05) is 64.7 Å². The molecule has 0 aliphatic carbocycles. The minimum absolute atomic E-state index is 0.0325. The highest BCUT2D eigenvalue weighted by Crippen LogP contribution is 2.26. The first kappa shape index (κ1) is 25.3. The van der Waals surface area contributed by atoms with Crippen LogP contribution in [0.4, 0.5) is 0 Å². The number of hydrogen-bond donors (Lipinski definition) is 4. The maximum Gasteiger partial charge on any atom is 0.303 e. The zero-order valence-electron chi connectivity index (χ0n) is 15.9. The van der Waals surface area contributed by atoms with Gasteiger partial charge in [0.15, 0.2) is 5.79 Å². The van der Waals surface area contributed by atoms with Crippen molar-refractivity contribution in [1.29, 1.82) is 0 Å². The third-order valence-corrected chi connectivity index (χ3v) is 5.96. The maximum absolute atomic E-state index is 11.5. The molecule has 0 aromatic heterocycles. The number of aliphatic carboxylic acids is 1. The first-order valence-electron chi connectivity index (χ1n) is 9.74. The predicted octanol–water partition coefficient (Wildman–Crippen LogP) is 3.49. The molecular formula is C18H36O7S. The summed E-state index contributed by atoms with van der Waals surface area (Å²) >= 11 is 0. The summed E-state index contributed by atoms with van der Waals surface area (Å²) < 4.78 is 32.5. The van der Waals surface area contributed by atoms with E-state index in [1.165, 1.54) is 0 Å². The first-order chi connectivity index (χ1) is 12.1. The second kappa shape index (κ2) is 13.5. The second-order valence-electron chi connectivity index (χ2n) is 7.10. The molecule has 1 unspecified atom stereocenters. The molecule has 0 saturated heterocycles. The van der Waals surface area contributed by atoms with E-state index in [1.54, 1.807) is 0 Å². The van der Waals surface area contributed by atoms with Gasteiger partial charge >= 0.3 is 5.97 Å². The summed E-state index contributed by atoms with van der Waals surface area (Å²) in [4.78, 5) is 10.4. The highest BCUT2D eigenvalue weighted by Gasteiger charge is 2.42. The number of rotatable bonds is 17. The highest BCUT2D eigenvalue weighted by atomic mass is 32.2. The van der Waals surface area contributed by atoms with E-state index in [-0.39, 0.29) is 19.3 Å². The summed E-state index contributed by atoms with van der Waals surface area (Å²) in [6.07, 6.45) is 8.72. The molecule has 0 fully saturated rings. The van der Waals surface area contributed by atoms with Crippen molar-refractivity contribution in [3.05, 3.63) is 0 Å². The van der Waals surface area contributed by atoms with Crippen LogP contribution in [0.5, 0.6) is 0 Å². The molecule has 0 amide bonds. The van der Waals surface area contributed by atoms with Gasteiger partial charge in [0, 0.05) is 12.8 Å². The van der Waals surface area contributed by atoms with Crippen LogP contribution >= 0.6 is 0 Å². The molecule has 156 valence electrons. The molecule has 0 heterocycles. The average Bonchev–Trinajstić information content (AvgIpc) is 2.51. The Bertz CT molecular complexity index is 474. The third kappa shape index (κ3) is 12.6. The highest BCUT2D eigenvalue weighted by molar-refractivity contribution is 7.86. The van der Waals surface area contributed by atoms with Crippen molar-refractivity contribution in [3.8, 4) is 0 Å². The minimum Gasteiger partial charge on any atom is -0.481 e. The van der Waals surface area contributed by atoms with E-state index in [0.29, 0.717) is 25.7 Å². The Labute approximate surface area is 157 Å². The van der Waals surface area contributed by atoms with Gasteiger partial charge in [0.1, 0.15) is 5.25 Å². The lowest BCUT2D eigenvalue weighted by molar-refractivity contribution is -0.169. The summed E-state index contributed by atoms with van der Waals surface area (Å²) in [6.45, 7) is 2.07. The van der Waals surface area contributed by atoms with Crippen molar-refractivity contribution in [1.82, 2.24) is 0 Å². The molecule has 4 N–H and O–H groups in total. The van der Waals surface area contributed by atoms with Crippen molar-refractivity contribution >= 4 is 16.1 Å². The molecule has 1 atom stereocenters. The van der Waals surface area contributed by atoms with Crippen molar-refractivity contribution in [2.24, 2.45) is 0 Å². The molecule has 0 rings (SSSR count). The molecule has 0 radical (unpaired) electrons. The minimum atomic E-state index is -4.53. The van der Waals surface area contributed by atoms with Crippen LogP contribution in [0.1, 0.15) is 96.8 Å². The van der Waals surface area contributed by atoms with E-state index >= 15 is 0 Å². The van der Waals surface area contributed by atoms with E-state index in [4.69, 9.17) is 5.11 Å². The van der Waals surface area contributed by atoms with E-state index in [0.717, 1.165) is 44.9 Å². The monoisotopic (exact) mass is 396 g/mol. The van der Waals surface area contributed by atoms with Crippen LogP contribution in [-0.2, 0) is 14.9 Å². The van der Waals surface area contributed by atoms with Crippen LogP contribution in [0.15, 0.2) is 0 Å². The number of hydrogen-bond acceptors (Lipinski definition) is 5. The van der Waals surface area contributed by atoms with Gasteiger partial charge in [0.05, 0.1) is 0 Å². The average molecular weight is 397 g/mol. The Hall–Kier alpha value is -0.700. The molecule has 0 bridgehead atoms. The van der Waals surface area contributed by atoms with Crippen molar-refractivity contribution < 1.29 is 33.1 Å². The van der Waals surface area contributed by atoms with Gasteiger partial charge in [0.25, 0.3) is 10.1 Å². The summed E-state index contributed by atoms with van der Waals surface area (Å²) in [5.41, 5.74) is 0. The fraction of sp³-hybridized carbons (Fsp3) is 0.944. The fourth-order valence-corrected chi connectivity index (χ4v) is 4.14. The summed E-state index contributed by atoms with van der Waals surface area (Å²) in [5, 5.41) is 27.3. The molecule has 0 spiro atoms. The lowest BCUT2D eigenvalue weighted by Crippen LogP contribution is -2.46. The van der Waals surface area contributed by atoms with E-state index < -0.39 is 27.1 Å². The van der Waals surface area contributed by atoms with Crippen molar-refractivity contribution in [2.75, 3.05) is 0 Å². The standard InChI is InChI=1S/C18H36O7S/c1-2-3-4-7-10-13-16(26(23,24)25)18(21,22)15-12-9-6-5-8-11-14-17(19)20/h16,21-22H,2-15H2,1H3,(H,19,20)(H,23,24,25). The number of carbonyl (C=O) groups is 1. The molecule has 8 heteroatoms. The third-order valence-electron chi connectivity index (χ3n) is 4.63. The van der Waals surface area contributed by atoms with E-state index in [2.05, 4.69) is 6.92 Å². The Balaban J connectivity index is 4.19. The second-order valence-corrected chi connectivity index (χ2v) is 8.70. The largest absolute Gasteiger partial charge is 0.481 e. The lowest BCUT2D eigenvalue weighted by Gasteiger charge is -2.29. The predicted molar refractivity (Wildman–Crippen MR) is 100 cm³/mol. The topological polar surface area (TPSA) is 132 Å². The lowest BCUT2D eigenvalue weighted by atomic mass is 9.98. The van der Waals surface area contributed by atoms with Crippen LogP contribution in [0.2, 0.25) is 0 Å². The first-order valence-corrected chi connectivity index (χ1v) is 11.2. The van der Waals surface area contributed by atoms with Crippen LogP contribution < -0.4 is 0 Å². The quantitative estimate of drug-likeness (QED) is 0.168. The molecule has 0 saturated carbocycles. The molecule has 0 aliphatic rings. The van der Waals surface area contributed by atoms with Crippen LogP contribution in [0.3, 0.4) is 0 Å². The van der Waals surface area contributed by atoms with Gasteiger partial charge in [-0.3, -0.25) is 9.35 Å². The Morgan fingerprint density at radius 1 is 0.885 bits per heavy atom. The summed E-state index contributed by atoms with van der Waals surface area (Å²) in [5.74, 6) is -3.23. The van der Waals surface area contributed by atoms with Crippen molar-refractivity contribution in [2.45, 2.75) is 108 Å². The summed E-state index contributed by atoms with van der Waals surface area (Å²) in [7, 11) is -4.53. The van der Waals surface area contributed by atoms with Crippen molar-refractivity contribution in [3.63, 3.8) is 0 Å². The zero-order chi connectivity index (χ0) is 20.1. The number of carboxylic acids is 1. The molecule has 0 aromatic rings. The Morgan fingerprint density at radius 3 is 1.92 bits per heavy atom. The summed E-state index contributed by atoms with van der Waals surface area (Å²) in [6, 6.07) is 0. The normalized spacial score (nSPS) is 13.7. The Kier molecular flexibility index (Phi) is 13.1. The molecular weight excluding hydrogens is 360 g/mol. The van der Waals surface area contributed by atoms with Gasteiger partial charge in [-0.25, -0.2) is 0 Å². The van der Waals surface area contributed by atoms with Gasteiger partial charge in [-0.05, 0) is 19.3 Å². The SMILES string of the molecule is CCCCCCCC(C(O)(O)CCCCCCCCC(=O)O)S(=O)(=O)O. The molecule has 0 aliphatic heterocycles. The van der Waals surface area contributed by atoms with E-state index in [9.17, 15) is 28.0 Å². The van der Waals surface area contributed by atoms with Crippen LogP contribution in [0.25, 0.3) is 0 Å². The van der Waals surface area contributed by atoms with Crippen LogP contribution in [0, 0.1) is 0 Å². The van der Waals surface area contributed by atoms with Crippen LogP contribution in [-0.4, -0.2) is 45.3 Å². The Morgan fingerprint density at radius 2 is 1.38 bits per heavy atom. The smallest absolute Gasteiger partial charge is 0.303 e. The maximum atomic E-state index is 11.5. The van der Waals surface area contributed by atoms with E-state index in [1.807, 2.05) is 0 Å².